The van der Waals surface area contributed by atoms with Crippen LogP contribution in [-0.2, 0) is 18.3 Å². The molecule has 3 N–H and O–H groups in total. The number of carbonyl (C=O) groups is 2. The number of rotatable bonds is 8. The molecule has 112 valence electrons. The van der Waals surface area contributed by atoms with E-state index < -0.39 is 11.9 Å². The summed E-state index contributed by atoms with van der Waals surface area (Å²) in [6, 6.07) is -0.372. The van der Waals surface area contributed by atoms with Crippen LogP contribution >= 0.6 is 0 Å². The Hall–Kier alpha value is -2.12. The Labute approximate surface area is 117 Å². The summed E-state index contributed by atoms with van der Waals surface area (Å²) in [5.41, 5.74) is 0. The van der Waals surface area contributed by atoms with E-state index >= 15 is 0 Å². The summed E-state index contributed by atoms with van der Waals surface area (Å²) in [6.07, 6.45) is 3.45. The van der Waals surface area contributed by atoms with E-state index in [1.807, 2.05) is 6.92 Å². The van der Waals surface area contributed by atoms with Gasteiger partial charge in [0.1, 0.15) is 6.33 Å². The molecule has 8 heteroatoms. The van der Waals surface area contributed by atoms with Gasteiger partial charge in [-0.15, -0.1) is 0 Å². The first kappa shape index (κ1) is 15.9. The molecule has 2 amide bonds. The fraction of sp³-hybridized carbons (Fsp3) is 0.667. The van der Waals surface area contributed by atoms with E-state index in [1.54, 1.807) is 18.1 Å². The third-order valence-corrected chi connectivity index (χ3v) is 2.78. The highest BCUT2D eigenvalue weighted by Gasteiger charge is 2.16. The van der Waals surface area contributed by atoms with Gasteiger partial charge in [0.2, 0.25) is 0 Å². The van der Waals surface area contributed by atoms with Crippen molar-refractivity contribution in [3.05, 3.63) is 12.2 Å². The summed E-state index contributed by atoms with van der Waals surface area (Å²) in [6.45, 7) is 2.45. The van der Waals surface area contributed by atoms with Crippen LogP contribution in [0.15, 0.2) is 6.33 Å². The zero-order chi connectivity index (χ0) is 15.0. The molecule has 0 radical (unpaired) electrons. The van der Waals surface area contributed by atoms with Gasteiger partial charge >= 0.3 is 12.0 Å². The number of aryl methyl sites for hydroxylation is 1. The molecule has 0 aliphatic carbocycles. The molecule has 1 atom stereocenters. The van der Waals surface area contributed by atoms with Crippen molar-refractivity contribution in [3.8, 4) is 0 Å². The lowest BCUT2D eigenvalue weighted by Crippen LogP contribution is -2.40. The lowest BCUT2D eigenvalue weighted by Gasteiger charge is -2.12. The maximum absolute atomic E-state index is 11.5. The minimum absolute atomic E-state index is 0.136. The lowest BCUT2D eigenvalue weighted by atomic mass is 10.0. The van der Waals surface area contributed by atoms with Crippen LogP contribution in [0.1, 0.15) is 25.6 Å². The number of carboxylic acids is 1. The molecule has 8 nitrogen and oxygen atoms in total. The van der Waals surface area contributed by atoms with Crippen molar-refractivity contribution in [3.63, 3.8) is 0 Å². The van der Waals surface area contributed by atoms with E-state index in [0.717, 1.165) is 6.42 Å². The zero-order valence-electron chi connectivity index (χ0n) is 11.8. The van der Waals surface area contributed by atoms with E-state index in [1.165, 1.54) is 0 Å². The largest absolute Gasteiger partial charge is 0.481 e. The van der Waals surface area contributed by atoms with Crippen LogP contribution < -0.4 is 10.6 Å². The van der Waals surface area contributed by atoms with Gasteiger partial charge in [0.25, 0.3) is 0 Å². The van der Waals surface area contributed by atoms with E-state index in [2.05, 4.69) is 20.7 Å². The van der Waals surface area contributed by atoms with Crippen LogP contribution in [0.25, 0.3) is 0 Å². The molecule has 0 aromatic carbocycles. The first-order valence-corrected chi connectivity index (χ1v) is 6.62. The molecule has 0 saturated heterocycles. The van der Waals surface area contributed by atoms with Crippen LogP contribution in [0.2, 0.25) is 0 Å². The van der Waals surface area contributed by atoms with Gasteiger partial charge < -0.3 is 15.7 Å². The predicted octanol–water partition coefficient (Wildman–Crippen LogP) is 0.158. The number of carbonyl (C=O) groups excluding carboxylic acids is 1. The SMILES string of the molecule is CCCC(CNC(=O)NCCc1ncn(C)n1)C(=O)O. The standard InChI is InChI=1S/C12H21N5O3/c1-3-4-9(11(18)19)7-14-12(20)13-6-5-10-15-8-17(2)16-10/h8-9H,3-7H2,1-2H3,(H,18,19)(H2,13,14,20). The number of amides is 2. The highest BCUT2D eigenvalue weighted by Crippen LogP contribution is 2.04. The molecule has 0 aliphatic rings. The number of urea groups is 1. The van der Waals surface area contributed by atoms with Crippen LogP contribution in [0.4, 0.5) is 4.79 Å². The summed E-state index contributed by atoms with van der Waals surface area (Å²) < 4.78 is 1.59. The molecular weight excluding hydrogens is 262 g/mol. The Morgan fingerprint density at radius 1 is 1.45 bits per heavy atom. The number of carboxylic acid groups (broad SMARTS) is 1. The fourth-order valence-corrected chi connectivity index (χ4v) is 1.73. The second-order valence-electron chi connectivity index (χ2n) is 4.55. The second-order valence-corrected chi connectivity index (χ2v) is 4.55. The van der Waals surface area contributed by atoms with E-state index in [0.29, 0.717) is 25.2 Å². The van der Waals surface area contributed by atoms with Gasteiger partial charge in [0, 0.05) is 26.6 Å². The van der Waals surface area contributed by atoms with Crippen LogP contribution in [0, 0.1) is 5.92 Å². The smallest absolute Gasteiger partial charge is 0.314 e. The third kappa shape index (κ3) is 5.68. The predicted molar refractivity (Wildman–Crippen MR) is 72.1 cm³/mol. The Balaban J connectivity index is 2.21. The van der Waals surface area contributed by atoms with Crippen molar-refractivity contribution in [1.82, 2.24) is 25.4 Å². The Kier molecular flexibility index (Phi) is 6.48. The van der Waals surface area contributed by atoms with Crippen molar-refractivity contribution < 1.29 is 14.7 Å². The van der Waals surface area contributed by atoms with Crippen LogP contribution in [0.5, 0.6) is 0 Å². The maximum Gasteiger partial charge on any atom is 0.314 e. The number of nitrogens with one attached hydrogen (secondary N) is 2. The maximum atomic E-state index is 11.5. The molecule has 20 heavy (non-hydrogen) atoms. The highest BCUT2D eigenvalue weighted by atomic mass is 16.4. The Bertz CT molecular complexity index is 446. The molecule has 1 aromatic rings. The molecule has 0 bridgehead atoms. The van der Waals surface area contributed by atoms with Crippen LogP contribution in [0.3, 0.4) is 0 Å². The number of aromatic nitrogens is 3. The van der Waals surface area contributed by atoms with Gasteiger partial charge in [0.05, 0.1) is 5.92 Å². The summed E-state index contributed by atoms with van der Waals surface area (Å²) in [7, 11) is 1.77. The van der Waals surface area contributed by atoms with E-state index in [-0.39, 0.29) is 12.6 Å². The zero-order valence-corrected chi connectivity index (χ0v) is 11.8. The molecular formula is C12H21N5O3. The molecule has 1 unspecified atom stereocenters. The van der Waals surface area contributed by atoms with Gasteiger partial charge in [-0.1, -0.05) is 13.3 Å². The van der Waals surface area contributed by atoms with Crippen molar-refractivity contribution in [2.45, 2.75) is 26.2 Å². The van der Waals surface area contributed by atoms with Crippen molar-refractivity contribution in [1.29, 1.82) is 0 Å². The Morgan fingerprint density at radius 3 is 2.75 bits per heavy atom. The minimum atomic E-state index is -0.884. The summed E-state index contributed by atoms with van der Waals surface area (Å²) in [5.74, 6) is -0.768. The van der Waals surface area contributed by atoms with Crippen LogP contribution in [-0.4, -0.2) is 45.0 Å². The minimum Gasteiger partial charge on any atom is -0.481 e. The normalized spacial score (nSPS) is 11.9. The van der Waals surface area contributed by atoms with Crippen molar-refractivity contribution >= 4 is 12.0 Å². The van der Waals surface area contributed by atoms with E-state index in [9.17, 15) is 9.59 Å². The molecule has 1 aromatic heterocycles. The topological polar surface area (TPSA) is 109 Å². The number of hydrogen-bond donors (Lipinski definition) is 3. The molecule has 0 fully saturated rings. The number of nitrogens with zero attached hydrogens (tertiary/aromatic N) is 3. The fourth-order valence-electron chi connectivity index (χ4n) is 1.73. The lowest BCUT2D eigenvalue weighted by molar-refractivity contribution is -0.141. The first-order valence-electron chi connectivity index (χ1n) is 6.62. The van der Waals surface area contributed by atoms with Crippen molar-refractivity contribution in [2.75, 3.05) is 13.1 Å². The van der Waals surface area contributed by atoms with Gasteiger partial charge in [-0.05, 0) is 6.42 Å². The van der Waals surface area contributed by atoms with E-state index in [4.69, 9.17) is 5.11 Å². The van der Waals surface area contributed by atoms with Gasteiger partial charge in [-0.2, -0.15) is 5.10 Å². The van der Waals surface area contributed by atoms with Gasteiger partial charge in [-0.3, -0.25) is 9.48 Å². The summed E-state index contributed by atoms with van der Waals surface area (Å²) in [4.78, 5) is 26.5. The quantitative estimate of drug-likeness (QED) is 0.629. The van der Waals surface area contributed by atoms with Gasteiger partial charge in [0.15, 0.2) is 5.82 Å². The molecule has 0 aliphatic heterocycles. The number of aliphatic carboxylic acids is 1. The molecule has 1 rings (SSSR count). The average Bonchev–Trinajstić information content (AvgIpc) is 2.80. The third-order valence-electron chi connectivity index (χ3n) is 2.78. The van der Waals surface area contributed by atoms with Crippen molar-refractivity contribution in [2.24, 2.45) is 13.0 Å². The molecule has 1 heterocycles. The first-order chi connectivity index (χ1) is 9.52. The monoisotopic (exact) mass is 283 g/mol. The average molecular weight is 283 g/mol. The summed E-state index contributed by atoms with van der Waals surface area (Å²) in [5, 5.41) is 18.2. The Morgan fingerprint density at radius 2 is 2.20 bits per heavy atom. The summed E-state index contributed by atoms with van der Waals surface area (Å²) >= 11 is 0. The molecule has 0 spiro atoms. The molecule has 0 saturated carbocycles. The second kappa shape index (κ2) is 8.13. The number of hydrogen-bond acceptors (Lipinski definition) is 4. The van der Waals surface area contributed by atoms with Gasteiger partial charge in [-0.25, -0.2) is 9.78 Å². The highest BCUT2D eigenvalue weighted by molar-refractivity contribution is 5.75.